The van der Waals surface area contributed by atoms with Gasteiger partial charge in [0.15, 0.2) is 5.78 Å². The molecule has 0 saturated carbocycles. The molecule has 1 heterocycles. The second kappa shape index (κ2) is 3.71. The molecule has 0 spiro atoms. The Kier molecular flexibility index (Phi) is 2.50. The minimum absolute atomic E-state index is 0.0160. The maximum absolute atomic E-state index is 12.0. The number of aromatic nitrogens is 1. The lowest BCUT2D eigenvalue weighted by molar-refractivity contribution is -0.111. The average molecular weight is 213 g/mol. The SMILES string of the molecule is C=C1CC(C)(C)C=C(c2ccccn2)C1=O. The van der Waals surface area contributed by atoms with Crippen molar-refractivity contribution < 1.29 is 4.79 Å². The van der Waals surface area contributed by atoms with Gasteiger partial charge in [-0.05, 0) is 29.5 Å². The van der Waals surface area contributed by atoms with Gasteiger partial charge in [0.25, 0.3) is 0 Å². The zero-order valence-electron chi connectivity index (χ0n) is 9.66. The van der Waals surface area contributed by atoms with Crippen molar-refractivity contribution in [3.05, 3.63) is 48.3 Å². The van der Waals surface area contributed by atoms with Gasteiger partial charge < -0.3 is 0 Å². The Morgan fingerprint density at radius 3 is 2.75 bits per heavy atom. The highest BCUT2D eigenvalue weighted by atomic mass is 16.1. The Morgan fingerprint density at radius 2 is 2.12 bits per heavy atom. The summed E-state index contributed by atoms with van der Waals surface area (Å²) < 4.78 is 0. The number of hydrogen-bond acceptors (Lipinski definition) is 2. The first kappa shape index (κ1) is 10.8. The standard InChI is InChI=1S/C14H15NO/c1-10-8-14(2,3)9-11(13(10)16)12-6-4-5-7-15-12/h4-7,9H,1,8H2,2-3H3. The van der Waals surface area contributed by atoms with Gasteiger partial charge in [0.2, 0.25) is 0 Å². The van der Waals surface area contributed by atoms with Gasteiger partial charge in [-0.15, -0.1) is 0 Å². The highest BCUT2D eigenvalue weighted by molar-refractivity contribution is 6.28. The number of Topliss-reactive ketones (excluding diaryl/α,β-unsaturated/α-hetero) is 1. The third-order valence-corrected chi connectivity index (χ3v) is 2.71. The van der Waals surface area contributed by atoms with Crippen molar-refractivity contribution in [2.24, 2.45) is 5.41 Å². The summed E-state index contributed by atoms with van der Waals surface area (Å²) in [6, 6.07) is 5.59. The Morgan fingerprint density at radius 1 is 1.38 bits per heavy atom. The largest absolute Gasteiger partial charge is 0.289 e. The molecule has 16 heavy (non-hydrogen) atoms. The summed E-state index contributed by atoms with van der Waals surface area (Å²) in [7, 11) is 0. The number of allylic oxidation sites excluding steroid dienone is 3. The molecular formula is C14H15NO. The van der Waals surface area contributed by atoms with E-state index in [0.29, 0.717) is 11.1 Å². The second-order valence-electron chi connectivity index (χ2n) is 4.87. The van der Waals surface area contributed by atoms with Crippen molar-refractivity contribution in [2.75, 3.05) is 0 Å². The van der Waals surface area contributed by atoms with Gasteiger partial charge in [-0.3, -0.25) is 9.78 Å². The van der Waals surface area contributed by atoms with E-state index in [0.717, 1.165) is 12.1 Å². The molecule has 0 saturated heterocycles. The molecule has 2 heteroatoms. The summed E-state index contributed by atoms with van der Waals surface area (Å²) in [5.41, 5.74) is 2.08. The zero-order chi connectivity index (χ0) is 11.8. The van der Waals surface area contributed by atoms with Gasteiger partial charge in [0, 0.05) is 11.8 Å². The van der Waals surface area contributed by atoms with E-state index in [1.165, 1.54) is 0 Å². The Hall–Kier alpha value is -1.70. The maximum atomic E-state index is 12.0. The van der Waals surface area contributed by atoms with Crippen LogP contribution in [0.15, 0.2) is 42.6 Å². The molecule has 0 radical (unpaired) electrons. The molecule has 0 unspecified atom stereocenters. The summed E-state index contributed by atoms with van der Waals surface area (Å²) in [4.78, 5) is 16.2. The molecule has 1 aliphatic rings. The van der Waals surface area contributed by atoms with E-state index < -0.39 is 0 Å². The first-order valence-corrected chi connectivity index (χ1v) is 5.36. The van der Waals surface area contributed by atoms with Crippen molar-refractivity contribution in [3.8, 4) is 0 Å². The topological polar surface area (TPSA) is 30.0 Å². The average Bonchev–Trinajstić information content (AvgIpc) is 2.24. The van der Waals surface area contributed by atoms with E-state index >= 15 is 0 Å². The predicted molar refractivity (Wildman–Crippen MR) is 64.8 cm³/mol. The van der Waals surface area contributed by atoms with Gasteiger partial charge in [0.1, 0.15) is 0 Å². The maximum Gasteiger partial charge on any atom is 0.190 e. The van der Waals surface area contributed by atoms with E-state index in [1.54, 1.807) is 6.20 Å². The van der Waals surface area contributed by atoms with Crippen LogP contribution in [0.4, 0.5) is 0 Å². The van der Waals surface area contributed by atoms with E-state index in [4.69, 9.17) is 0 Å². The second-order valence-corrected chi connectivity index (χ2v) is 4.87. The lowest BCUT2D eigenvalue weighted by Gasteiger charge is -2.27. The van der Waals surface area contributed by atoms with Crippen LogP contribution in [0, 0.1) is 5.41 Å². The number of carbonyl (C=O) groups excluding carboxylic acids is 1. The molecule has 0 bridgehead atoms. The van der Waals surface area contributed by atoms with E-state index in [-0.39, 0.29) is 11.2 Å². The lowest BCUT2D eigenvalue weighted by atomic mass is 9.76. The molecule has 1 aliphatic carbocycles. The Balaban J connectivity index is 2.51. The summed E-state index contributed by atoms with van der Waals surface area (Å²) in [5, 5.41) is 0. The lowest BCUT2D eigenvalue weighted by Crippen LogP contribution is -2.21. The third-order valence-electron chi connectivity index (χ3n) is 2.71. The van der Waals surface area contributed by atoms with Crippen LogP contribution in [-0.2, 0) is 4.79 Å². The first-order valence-electron chi connectivity index (χ1n) is 5.36. The molecule has 0 aliphatic heterocycles. The fraction of sp³-hybridized carbons (Fsp3) is 0.286. The smallest absolute Gasteiger partial charge is 0.190 e. The molecule has 1 aromatic heterocycles. The van der Waals surface area contributed by atoms with Gasteiger partial charge >= 0.3 is 0 Å². The fourth-order valence-corrected chi connectivity index (χ4v) is 2.04. The van der Waals surface area contributed by atoms with Gasteiger partial charge in [-0.1, -0.05) is 32.6 Å². The van der Waals surface area contributed by atoms with E-state index in [9.17, 15) is 4.79 Å². The molecule has 2 rings (SSSR count). The van der Waals surface area contributed by atoms with Crippen LogP contribution >= 0.6 is 0 Å². The summed E-state index contributed by atoms with van der Waals surface area (Å²) in [6.07, 6.45) is 4.43. The molecular weight excluding hydrogens is 198 g/mol. The van der Waals surface area contributed by atoms with Crippen molar-refractivity contribution in [1.82, 2.24) is 4.98 Å². The monoisotopic (exact) mass is 213 g/mol. The molecule has 0 amide bonds. The van der Waals surface area contributed by atoms with E-state index in [2.05, 4.69) is 25.4 Å². The highest BCUT2D eigenvalue weighted by Gasteiger charge is 2.29. The van der Waals surface area contributed by atoms with Crippen LogP contribution in [0.2, 0.25) is 0 Å². The quantitative estimate of drug-likeness (QED) is 0.671. The number of rotatable bonds is 1. The number of pyridine rings is 1. The Labute approximate surface area is 95.7 Å². The van der Waals surface area contributed by atoms with Crippen molar-refractivity contribution in [3.63, 3.8) is 0 Å². The number of carbonyl (C=O) groups is 1. The molecule has 1 aromatic rings. The number of nitrogens with zero attached hydrogens (tertiary/aromatic N) is 1. The summed E-state index contributed by atoms with van der Waals surface area (Å²) in [5.74, 6) is 0.0259. The first-order chi connectivity index (χ1) is 7.49. The van der Waals surface area contributed by atoms with Crippen LogP contribution in [0.5, 0.6) is 0 Å². The highest BCUT2D eigenvalue weighted by Crippen LogP contribution is 2.36. The van der Waals surface area contributed by atoms with Gasteiger partial charge in [0.05, 0.1) is 5.69 Å². The van der Waals surface area contributed by atoms with Crippen molar-refractivity contribution in [2.45, 2.75) is 20.3 Å². The third kappa shape index (κ3) is 1.96. The predicted octanol–water partition coefficient (Wildman–Crippen LogP) is 3.02. The molecule has 0 atom stereocenters. The molecule has 2 nitrogen and oxygen atoms in total. The van der Waals surface area contributed by atoms with Crippen molar-refractivity contribution >= 4 is 11.4 Å². The minimum Gasteiger partial charge on any atom is -0.289 e. The van der Waals surface area contributed by atoms with Crippen LogP contribution in [0.3, 0.4) is 0 Å². The molecule has 0 aromatic carbocycles. The summed E-state index contributed by atoms with van der Waals surface area (Å²) in [6.45, 7) is 8.06. The molecule has 0 N–H and O–H groups in total. The normalized spacial score (nSPS) is 19.5. The van der Waals surface area contributed by atoms with Crippen LogP contribution < -0.4 is 0 Å². The summed E-state index contributed by atoms with van der Waals surface area (Å²) >= 11 is 0. The molecule has 82 valence electrons. The minimum atomic E-state index is -0.0160. The van der Waals surface area contributed by atoms with Crippen LogP contribution in [0.1, 0.15) is 26.0 Å². The fourth-order valence-electron chi connectivity index (χ4n) is 2.04. The van der Waals surface area contributed by atoms with Crippen LogP contribution in [-0.4, -0.2) is 10.8 Å². The Bertz CT molecular complexity index is 469. The van der Waals surface area contributed by atoms with E-state index in [1.807, 2.05) is 24.3 Å². The van der Waals surface area contributed by atoms with Gasteiger partial charge in [-0.2, -0.15) is 0 Å². The van der Waals surface area contributed by atoms with Gasteiger partial charge in [-0.25, -0.2) is 0 Å². The van der Waals surface area contributed by atoms with Crippen molar-refractivity contribution in [1.29, 1.82) is 0 Å². The molecule has 0 fully saturated rings. The van der Waals surface area contributed by atoms with Crippen LogP contribution in [0.25, 0.3) is 5.57 Å². The number of hydrogen-bond donors (Lipinski definition) is 0. The zero-order valence-corrected chi connectivity index (χ0v) is 9.66. The number of ketones is 1.